The quantitative estimate of drug-likeness (QED) is 0.502. The van der Waals surface area contributed by atoms with Crippen LogP contribution in [0, 0.1) is 0 Å². The molecule has 0 unspecified atom stereocenters. The molecule has 3 heterocycles. The second kappa shape index (κ2) is 5.86. The lowest BCUT2D eigenvalue weighted by molar-refractivity contribution is -0.0128. The maximum atomic E-state index is 13.1. The van der Waals surface area contributed by atoms with E-state index in [1.165, 1.54) is 0 Å². The lowest BCUT2D eigenvalue weighted by Gasteiger charge is -2.42. The van der Waals surface area contributed by atoms with Gasteiger partial charge in [0.1, 0.15) is 5.56 Å². The minimum atomic E-state index is -0.408. The van der Waals surface area contributed by atoms with Gasteiger partial charge in [-0.15, -0.1) is 11.3 Å². The van der Waals surface area contributed by atoms with Crippen molar-refractivity contribution < 1.29 is 14.3 Å². The predicted octanol–water partition coefficient (Wildman–Crippen LogP) is 3.51. The monoisotopic (exact) mass is 381 g/mol. The van der Waals surface area contributed by atoms with Crippen molar-refractivity contribution in [2.24, 2.45) is 0 Å². The van der Waals surface area contributed by atoms with Crippen molar-refractivity contribution in [3.05, 3.63) is 51.7 Å². The van der Waals surface area contributed by atoms with E-state index in [2.05, 4.69) is 18.7 Å². The van der Waals surface area contributed by atoms with Crippen LogP contribution in [0.25, 0.3) is 20.2 Å². The van der Waals surface area contributed by atoms with Crippen LogP contribution in [-0.4, -0.2) is 37.2 Å². The topological polar surface area (TPSA) is 55.8 Å². The van der Waals surface area contributed by atoms with E-state index in [1.807, 2.05) is 30.3 Å². The smallest absolute Gasteiger partial charge is 0.348 e. The standard InChI is InChI=1S/C21H19NO4S/c1-21(2,22-7-9-25-10-8-22)13-11-15-16(17-19(13)26-20(17)24)18(23)12-5-3-4-6-14(12)27-15/h3-6,11H,7-10H2,1-2H3. The number of morpholine rings is 1. The summed E-state index contributed by atoms with van der Waals surface area (Å²) >= 11 is 1.55. The fraction of sp³-hybridized carbons (Fsp3) is 0.333. The Morgan fingerprint density at radius 1 is 1.07 bits per heavy atom. The second-order valence-corrected chi connectivity index (χ2v) is 8.56. The molecule has 2 aliphatic rings. The van der Waals surface area contributed by atoms with Crippen LogP contribution in [0.3, 0.4) is 0 Å². The molecule has 2 aliphatic heterocycles. The zero-order valence-corrected chi connectivity index (χ0v) is 16.0. The van der Waals surface area contributed by atoms with Crippen molar-refractivity contribution in [2.75, 3.05) is 26.3 Å². The first kappa shape index (κ1) is 16.9. The Balaban J connectivity index is 1.80. The molecule has 0 radical (unpaired) electrons. The van der Waals surface area contributed by atoms with Gasteiger partial charge >= 0.3 is 5.97 Å². The van der Waals surface area contributed by atoms with E-state index in [-0.39, 0.29) is 11.0 Å². The molecule has 0 spiro atoms. The molecule has 1 fully saturated rings. The fourth-order valence-corrected chi connectivity index (χ4v) is 5.22. The first-order chi connectivity index (χ1) is 13.0. The number of hydrogen-bond donors (Lipinski definition) is 0. The molecule has 1 aromatic heterocycles. The summed E-state index contributed by atoms with van der Waals surface area (Å²) in [6.45, 7) is 7.29. The van der Waals surface area contributed by atoms with Gasteiger partial charge in [-0.05, 0) is 32.0 Å². The molecule has 1 saturated heterocycles. The first-order valence-corrected chi connectivity index (χ1v) is 9.88. The molecule has 27 heavy (non-hydrogen) atoms. The van der Waals surface area contributed by atoms with Gasteiger partial charge in [-0.25, -0.2) is 4.79 Å². The van der Waals surface area contributed by atoms with E-state index >= 15 is 0 Å². The normalized spacial score (nSPS) is 17.6. The minimum absolute atomic E-state index is 0.0945. The Labute approximate surface area is 160 Å². The SMILES string of the molecule is CC(C)(c1cc2sc3ccccc3c(=O)c2c2c1OC2=O)N1CCOCC1. The highest BCUT2D eigenvalue weighted by atomic mass is 32.1. The number of rotatable bonds is 2. The first-order valence-electron chi connectivity index (χ1n) is 9.06. The highest BCUT2D eigenvalue weighted by Gasteiger charge is 2.41. The third-order valence-corrected chi connectivity index (χ3v) is 6.80. The molecule has 0 N–H and O–H groups in total. The van der Waals surface area contributed by atoms with Crippen LogP contribution in [0.2, 0.25) is 0 Å². The number of ether oxygens (including phenoxy) is 2. The Morgan fingerprint density at radius 3 is 2.56 bits per heavy atom. The van der Waals surface area contributed by atoms with Crippen LogP contribution in [0.5, 0.6) is 5.75 Å². The Kier molecular flexibility index (Phi) is 3.66. The number of hydrogen-bond acceptors (Lipinski definition) is 6. The Hall–Kier alpha value is -2.28. The maximum absolute atomic E-state index is 13.1. The Bertz CT molecular complexity index is 1160. The van der Waals surface area contributed by atoms with Crippen molar-refractivity contribution in [3.63, 3.8) is 0 Å². The van der Waals surface area contributed by atoms with E-state index < -0.39 is 5.97 Å². The van der Waals surface area contributed by atoms with E-state index in [0.29, 0.717) is 35.3 Å². The van der Waals surface area contributed by atoms with Crippen LogP contribution in [0.4, 0.5) is 0 Å². The average Bonchev–Trinajstić information content (AvgIpc) is 2.67. The minimum Gasteiger partial charge on any atom is -0.421 e. The van der Waals surface area contributed by atoms with Gasteiger partial charge < -0.3 is 9.47 Å². The van der Waals surface area contributed by atoms with Crippen molar-refractivity contribution in [2.45, 2.75) is 19.4 Å². The summed E-state index contributed by atoms with van der Waals surface area (Å²) in [6.07, 6.45) is 0. The molecule has 0 saturated carbocycles. The number of fused-ring (bicyclic) bond motifs is 4. The summed E-state index contributed by atoms with van der Waals surface area (Å²) in [5.74, 6) is 0.151. The summed E-state index contributed by atoms with van der Waals surface area (Å²) in [6, 6.07) is 9.58. The highest BCUT2D eigenvalue weighted by Crippen LogP contribution is 2.46. The number of nitrogens with zero attached hydrogens (tertiary/aromatic N) is 1. The van der Waals surface area contributed by atoms with Crippen molar-refractivity contribution >= 4 is 37.5 Å². The van der Waals surface area contributed by atoms with Crippen LogP contribution in [-0.2, 0) is 10.3 Å². The fourth-order valence-electron chi connectivity index (χ4n) is 4.09. The molecule has 5 rings (SSSR count). The van der Waals surface area contributed by atoms with Crippen LogP contribution >= 0.6 is 11.3 Å². The average molecular weight is 381 g/mol. The van der Waals surface area contributed by atoms with Gasteiger partial charge in [0.25, 0.3) is 0 Å². The van der Waals surface area contributed by atoms with Crippen LogP contribution in [0.1, 0.15) is 29.8 Å². The number of esters is 1. The van der Waals surface area contributed by atoms with E-state index in [9.17, 15) is 9.59 Å². The van der Waals surface area contributed by atoms with Gasteiger partial charge in [0.15, 0.2) is 11.2 Å². The Morgan fingerprint density at radius 2 is 1.81 bits per heavy atom. The second-order valence-electron chi connectivity index (χ2n) is 7.48. The zero-order chi connectivity index (χ0) is 18.8. The molecule has 138 valence electrons. The summed E-state index contributed by atoms with van der Waals surface area (Å²) in [5.41, 5.74) is 0.973. The van der Waals surface area contributed by atoms with Gasteiger partial charge in [-0.3, -0.25) is 9.69 Å². The number of benzene rings is 2. The number of carbonyl (C=O) groups is 1. The number of carbonyl (C=O) groups excluding carboxylic acids is 1. The summed E-state index contributed by atoms with van der Waals surface area (Å²) in [4.78, 5) is 27.7. The van der Waals surface area contributed by atoms with Gasteiger partial charge in [-0.2, -0.15) is 0 Å². The summed E-state index contributed by atoms with van der Waals surface area (Å²) in [7, 11) is 0. The van der Waals surface area contributed by atoms with Gasteiger partial charge in [0, 0.05) is 39.0 Å². The summed E-state index contributed by atoms with van der Waals surface area (Å²) in [5, 5.41) is 1.14. The lowest BCUT2D eigenvalue weighted by Crippen LogP contribution is -2.48. The highest BCUT2D eigenvalue weighted by molar-refractivity contribution is 7.24. The predicted molar refractivity (Wildman–Crippen MR) is 106 cm³/mol. The molecule has 3 aromatic rings. The third-order valence-electron chi connectivity index (χ3n) is 5.68. The van der Waals surface area contributed by atoms with Crippen LogP contribution < -0.4 is 10.2 Å². The third kappa shape index (κ3) is 2.37. The van der Waals surface area contributed by atoms with Crippen molar-refractivity contribution in [3.8, 4) is 5.75 Å². The van der Waals surface area contributed by atoms with Crippen molar-refractivity contribution in [1.29, 1.82) is 0 Å². The molecule has 0 amide bonds. The molecule has 2 aromatic carbocycles. The molecule has 0 atom stereocenters. The summed E-state index contributed by atoms with van der Waals surface area (Å²) < 4.78 is 12.7. The van der Waals surface area contributed by atoms with Crippen molar-refractivity contribution in [1.82, 2.24) is 4.90 Å². The molecule has 6 heteroatoms. The van der Waals surface area contributed by atoms with Crippen LogP contribution in [0.15, 0.2) is 35.1 Å². The van der Waals surface area contributed by atoms with Gasteiger partial charge in [0.05, 0.1) is 18.6 Å². The van der Waals surface area contributed by atoms with E-state index in [1.54, 1.807) is 11.3 Å². The molecular weight excluding hydrogens is 362 g/mol. The molecule has 0 aliphatic carbocycles. The zero-order valence-electron chi connectivity index (χ0n) is 15.2. The van der Waals surface area contributed by atoms with E-state index in [0.717, 1.165) is 28.1 Å². The molecular formula is C21H19NO4S. The largest absolute Gasteiger partial charge is 0.421 e. The van der Waals surface area contributed by atoms with Gasteiger partial charge in [-0.1, -0.05) is 12.1 Å². The molecule has 5 nitrogen and oxygen atoms in total. The lowest BCUT2D eigenvalue weighted by atomic mass is 9.86. The molecule has 0 bridgehead atoms. The van der Waals surface area contributed by atoms with Gasteiger partial charge in [0.2, 0.25) is 0 Å². The van der Waals surface area contributed by atoms with E-state index in [4.69, 9.17) is 9.47 Å². The maximum Gasteiger partial charge on any atom is 0.348 e.